The van der Waals surface area contributed by atoms with E-state index in [1.165, 1.54) is 0 Å². The van der Waals surface area contributed by atoms with Crippen molar-refractivity contribution in [1.82, 2.24) is 10.6 Å². The van der Waals surface area contributed by atoms with Gasteiger partial charge in [0, 0.05) is 16.7 Å². The number of carbonyl (C=O) groups is 1. The van der Waals surface area contributed by atoms with Crippen molar-refractivity contribution < 1.29 is 9.53 Å². The lowest BCUT2D eigenvalue weighted by Gasteiger charge is -2.13. The molecule has 0 aliphatic carbocycles. The van der Waals surface area contributed by atoms with Gasteiger partial charge in [-0.2, -0.15) is 0 Å². The Morgan fingerprint density at radius 2 is 1.38 bits per heavy atom. The topological polar surface area (TPSA) is 50.4 Å². The summed E-state index contributed by atoms with van der Waals surface area (Å²) in [6, 6.07) is 28.8. The zero-order valence-corrected chi connectivity index (χ0v) is 14.1. The van der Waals surface area contributed by atoms with E-state index < -0.39 is 0 Å². The maximum atomic E-state index is 12.6. The highest BCUT2D eigenvalue weighted by atomic mass is 16.5. The van der Waals surface area contributed by atoms with Crippen molar-refractivity contribution in [3.8, 4) is 0 Å². The normalized spacial score (nSPS) is 15.9. The summed E-state index contributed by atoms with van der Waals surface area (Å²) in [4.78, 5) is 12.6. The van der Waals surface area contributed by atoms with Gasteiger partial charge in [-0.1, -0.05) is 78.9 Å². The van der Waals surface area contributed by atoms with Crippen LogP contribution in [0.4, 0.5) is 0 Å². The molecular weight excluding hydrogens is 324 g/mol. The van der Waals surface area contributed by atoms with Crippen LogP contribution in [0.1, 0.15) is 27.7 Å². The number of benzene rings is 3. The van der Waals surface area contributed by atoms with Gasteiger partial charge < -0.3 is 10.1 Å². The fraction of sp³-hybridized carbons (Fsp3) is 0.0455. The minimum Gasteiger partial charge on any atom is -0.449 e. The summed E-state index contributed by atoms with van der Waals surface area (Å²) < 4.78 is 6.04. The van der Waals surface area contributed by atoms with E-state index in [1.807, 2.05) is 78.9 Å². The van der Waals surface area contributed by atoms with E-state index in [-0.39, 0.29) is 12.1 Å². The quantitative estimate of drug-likeness (QED) is 0.752. The van der Waals surface area contributed by atoms with Gasteiger partial charge in [-0.3, -0.25) is 10.1 Å². The average molecular weight is 342 g/mol. The van der Waals surface area contributed by atoms with Crippen molar-refractivity contribution in [2.75, 3.05) is 0 Å². The molecule has 4 rings (SSSR count). The molecule has 0 bridgehead atoms. The SMILES string of the molecule is O=C(NC1=C(c2ccccc2)NC(c2ccccc2)O1)c1ccccc1. The first-order valence-corrected chi connectivity index (χ1v) is 8.45. The van der Waals surface area contributed by atoms with Gasteiger partial charge >= 0.3 is 0 Å². The molecule has 26 heavy (non-hydrogen) atoms. The molecule has 1 heterocycles. The molecule has 3 aromatic rings. The zero-order chi connectivity index (χ0) is 17.8. The van der Waals surface area contributed by atoms with E-state index in [1.54, 1.807) is 12.1 Å². The van der Waals surface area contributed by atoms with E-state index in [0.717, 1.165) is 16.8 Å². The van der Waals surface area contributed by atoms with Crippen LogP contribution in [0.2, 0.25) is 0 Å². The zero-order valence-electron chi connectivity index (χ0n) is 14.1. The molecule has 0 radical (unpaired) electrons. The van der Waals surface area contributed by atoms with Crippen molar-refractivity contribution in [1.29, 1.82) is 0 Å². The second-order valence-corrected chi connectivity index (χ2v) is 5.94. The van der Waals surface area contributed by atoms with Gasteiger partial charge in [0.25, 0.3) is 5.91 Å². The molecule has 1 unspecified atom stereocenters. The summed E-state index contributed by atoms with van der Waals surface area (Å²) in [5.41, 5.74) is 3.29. The molecule has 0 fully saturated rings. The van der Waals surface area contributed by atoms with Crippen LogP contribution < -0.4 is 10.6 Å². The summed E-state index contributed by atoms with van der Waals surface area (Å²) in [6.07, 6.45) is -0.350. The molecule has 0 saturated carbocycles. The maximum absolute atomic E-state index is 12.6. The Labute approximate surface area is 152 Å². The third kappa shape index (κ3) is 3.30. The number of nitrogens with one attached hydrogen (secondary N) is 2. The Kier molecular flexibility index (Phi) is 4.39. The summed E-state index contributed by atoms with van der Waals surface area (Å²) in [7, 11) is 0. The van der Waals surface area contributed by atoms with Gasteiger partial charge in [-0.25, -0.2) is 0 Å². The van der Waals surface area contributed by atoms with Crippen molar-refractivity contribution >= 4 is 11.6 Å². The van der Waals surface area contributed by atoms with Crippen molar-refractivity contribution in [3.63, 3.8) is 0 Å². The first kappa shape index (κ1) is 16.0. The van der Waals surface area contributed by atoms with E-state index in [0.29, 0.717) is 11.4 Å². The third-order valence-electron chi connectivity index (χ3n) is 4.17. The Bertz CT molecular complexity index is 922. The van der Waals surface area contributed by atoms with Crippen LogP contribution in [0.15, 0.2) is 96.9 Å². The smallest absolute Gasteiger partial charge is 0.258 e. The molecule has 0 spiro atoms. The molecule has 1 aliphatic rings. The minimum absolute atomic E-state index is 0.204. The predicted octanol–water partition coefficient (Wildman–Crippen LogP) is 4.06. The molecular formula is C22H18N2O2. The molecule has 1 atom stereocenters. The highest BCUT2D eigenvalue weighted by Crippen LogP contribution is 2.31. The molecule has 2 N–H and O–H groups in total. The fourth-order valence-corrected chi connectivity index (χ4v) is 2.86. The van der Waals surface area contributed by atoms with Crippen LogP contribution in [0, 0.1) is 0 Å². The minimum atomic E-state index is -0.350. The van der Waals surface area contributed by atoms with Gasteiger partial charge in [-0.05, 0) is 12.1 Å². The molecule has 1 amide bonds. The summed E-state index contributed by atoms with van der Waals surface area (Å²) in [5, 5.41) is 6.27. The molecule has 128 valence electrons. The van der Waals surface area contributed by atoms with Crippen LogP contribution in [0.25, 0.3) is 5.70 Å². The monoisotopic (exact) mass is 342 g/mol. The van der Waals surface area contributed by atoms with E-state index >= 15 is 0 Å². The number of amides is 1. The van der Waals surface area contributed by atoms with Crippen LogP contribution in [0.3, 0.4) is 0 Å². The average Bonchev–Trinajstić information content (AvgIpc) is 3.14. The second kappa shape index (κ2) is 7.15. The third-order valence-corrected chi connectivity index (χ3v) is 4.17. The van der Waals surface area contributed by atoms with Crippen molar-refractivity contribution in [3.05, 3.63) is 114 Å². The Morgan fingerprint density at radius 1 is 0.808 bits per heavy atom. The lowest BCUT2D eigenvalue weighted by atomic mass is 10.1. The fourth-order valence-electron chi connectivity index (χ4n) is 2.86. The Hall–Kier alpha value is -3.53. The predicted molar refractivity (Wildman–Crippen MR) is 101 cm³/mol. The highest BCUT2D eigenvalue weighted by Gasteiger charge is 2.28. The van der Waals surface area contributed by atoms with Crippen molar-refractivity contribution in [2.45, 2.75) is 6.23 Å². The van der Waals surface area contributed by atoms with Crippen LogP contribution >= 0.6 is 0 Å². The molecule has 1 aliphatic heterocycles. The molecule has 4 nitrogen and oxygen atoms in total. The number of hydrogen-bond donors (Lipinski definition) is 2. The van der Waals surface area contributed by atoms with Gasteiger partial charge in [0.2, 0.25) is 5.88 Å². The molecule has 0 aromatic heterocycles. The summed E-state index contributed by atoms with van der Waals surface area (Å²) in [5.74, 6) is 0.225. The standard InChI is InChI=1S/C22H18N2O2/c25-20(17-12-6-2-7-13-17)24-22-19(16-10-4-1-5-11-16)23-21(26-22)18-14-8-3-9-15-18/h1-15,21,23H,(H,24,25). The number of carbonyl (C=O) groups excluding carboxylic acids is 1. The summed E-state index contributed by atoms with van der Waals surface area (Å²) in [6.45, 7) is 0. The Balaban J connectivity index is 1.64. The lowest BCUT2D eigenvalue weighted by molar-refractivity contribution is 0.0851. The maximum Gasteiger partial charge on any atom is 0.258 e. The van der Waals surface area contributed by atoms with Crippen LogP contribution in [0.5, 0.6) is 0 Å². The molecule has 0 saturated heterocycles. The van der Waals surface area contributed by atoms with Crippen LogP contribution in [-0.4, -0.2) is 5.91 Å². The number of hydrogen-bond acceptors (Lipinski definition) is 3. The van der Waals surface area contributed by atoms with Crippen molar-refractivity contribution in [2.24, 2.45) is 0 Å². The highest BCUT2D eigenvalue weighted by molar-refractivity contribution is 5.96. The number of ether oxygens (including phenoxy) is 1. The Morgan fingerprint density at radius 3 is 2.04 bits per heavy atom. The van der Waals surface area contributed by atoms with Gasteiger partial charge in [-0.15, -0.1) is 0 Å². The second-order valence-electron chi connectivity index (χ2n) is 5.94. The lowest BCUT2D eigenvalue weighted by Crippen LogP contribution is -2.23. The van der Waals surface area contributed by atoms with Gasteiger partial charge in [0.15, 0.2) is 6.23 Å². The van der Waals surface area contributed by atoms with E-state index in [9.17, 15) is 4.79 Å². The van der Waals surface area contributed by atoms with Gasteiger partial charge in [0.05, 0.1) is 0 Å². The largest absolute Gasteiger partial charge is 0.449 e. The summed E-state index contributed by atoms with van der Waals surface area (Å²) >= 11 is 0. The molecule has 3 aromatic carbocycles. The van der Waals surface area contributed by atoms with E-state index in [4.69, 9.17) is 4.74 Å². The first-order valence-electron chi connectivity index (χ1n) is 8.45. The van der Waals surface area contributed by atoms with Gasteiger partial charge in [0.1, 0.15) is 5.70 Å². The molecule has 4 heteroatoms. The van der Waals surface area contributed by atoms with Crippen LogP contribution in [-0.2, 0) is 4.74 Å². The van der Waals surface area contributed by atoms with E-state index in [2.05, 4.69) is 10.6 Å². The first-order chi connectivity index (χ1) is 12.8. The number of rotatable bonds is 4.